The fourth-order valence-corrected chi connectivity index (χ4v) is 5.32. The van der Waals surface area contributed by atoms with Crippen molar-refractivity contribution in [2.24, 2.45) is 5.92 Å². The van der Waals surface area contributed by atoms with Crippen molar-refractivity contribution in [2.75, 3.05) is 30.3 Å². The van der Waals surface area contributed by atoms with Gasteiger partial charge in [-0.3, -0.25) is 9.59 Å². The maximum atomic E-state index is 12.9. The lowest BCUT2D eigenvalue weighted by atomic mass is 10.2. The van der Waals surface area contributed by atoms with Crippen LogP contribution in [0, 0.1) is 5.92 Å². The molecule has 0 aliphatic heterocycles. The first-order chi connectivity index (χ1) is 15.3. The zero-order chi connectivity index (χ0) is 23.3. The summed E-state index contributed by atoms with van der Waals surface area (Å²) in [5, 5.41) is 7.68. The van der Waals surface area contributed by atoms with E-state index < -0.39 is 10.0 Å². The third-order valence-electron chi connectivity index (χ3n) is 4.94. The van der Waals surface area contributed by atoms with E-state index in [0.29, 0.717) is 36.3 Å². The molecule has 1 saturated carbocycles. The molecule has 1 aromatic carbocycles. The molecule has 1 aromatic heterocycles. The Kier molecular flexibility index (Phi) is 7.86. The lowest BCUT2D eigenvalue weighted by Crippen LogP contribution is -2.30. The van der Waals surface area contributed by atoms with Gasteiger partial charge in [0.2, 0.25) is 21.8 Å². The molecule has 1 aliphatic carbocycles. The lowest BCUT2D eigenvalue weighted by Gasteiger charge is -2.20. The Morgan fingerprint density at radius 1 is 1.19 bits per heavy atom. The van der Waals surface area contributed by atoms with Gasteiger partial charge in [-0.25, -0.2) is 13.4 Å². The largest absolute Gasteiger partial charge is 0.492 e. The number of carbonyl (C=O) groups excluding carboxylic acids is 2. The number of amides is 2. The predicted octanol–water partition coefficient (Wildman–Crippen LogP) is 3.10. The Hall–Kier alpha value is -2.50. The van der Waals surface area contributed by atoms with Crippen LogP contribution in [0.25, 0.3) is 0 Å². The minimum Gasteiger partial charge on any atom is -0.492 e. The van der Waals surface area contributed by atoms with E-state index in [1.54, 1.807) is 32.2 Å². The van der Waals surface area contributed by atoms with Crippen molar-refractivity contribution in [1.82, 2.24) is 9.29 Å². The Balaban J connectivity index is 1.74. The third kappa shape index (κ3) is 5.84. The highest BCUT2D eigenvalue weighted by Gasteiger charge is 2.30. The SMILES string of the molecule is CCOc1ccc(S(=O)(=O)N(CC)CC)cc1NC(=O)Cc1csc(NC(=O)C2CC2)n1. The number of hydrogen-bond donors (Lipinski definition) is 2. The molecule has 0 bridgehead atoms. The van der Waals surface area contributed by atoms with E-state index in [-0.39, 0.29) is 34.7 Å². The maximum Gasteiger partial charge on any atom is 0.243 e. The van der Waals surface area contributed by atoms with Gasteiger partial charge in [-0.2, -0.15) is 4.31 Å². The molecule has 3 rings (SSSR count). The van der Waals surface area contributed by atoms with Gasteiger partial charge >= 0.3 is 0 Å². The molecule has 0 unspecified atom stereocenters. The highest BCUT2D eigenvalue weighted by molar-refractivity contribution is 7.89. The average Bonchev–Trinajstić information content (AvgIpc) is 3.52. The summed E-state index contributed by atoms with van der Waals surface area (Å²) in [4.78, 5) is 28.9. The van der Waals surface area contributed by atoms with Crippen LogP contribution in [-0.2, 0) is 26.0 Å². The van der Waals surface area contributed by atoms with E-state index in [1.165, 1.54) is 27.8 Å². The fraction of sp³-hybridized carbons (Fsp3) is 0.476. The Labute approximate surface area is 192 Å². The number of ether oxygens (including phenoxy) is 1. The summed E-state index contributed by atoms with van der Waals surface area (Å²) in [5.74, 6) is 0.0502. The number of anilines is 2. The lowest BCUT2D eigenvalue weighted by molar-refractivity contribution is -0.117. The molecule has 0 saturated heterocycles. The summed E-state index contributed by atoms with van der Waals surface area (Å²) in [7, 11) is -3.68. The maximum absolute atomic E-state index is 12.9. The fourth-order valence-electron chi connectivity index (χ4n) is 3.12. The second-order valence-corrected chi connectivity index (χ2v) is 10.1. The smallest absolute Gasteiger partial charge is 0.243 e. The summed E-state index contributed by atoms with van der Waals surface area (Å²) in [5.41, 5.74) is 0.797. The first-order valence-corrected chi connectivity index (χ1v) is 12.9. The molecule has 1 heterocycles. The monoisotopic (exact) mass is 480 g/mol. The van der Waals surface area contributed by atoms with Crippen LogP contribution in [0.2, 0.25) is 0 Å². The van der Waals surface area contributed by atoms with E-state index >= 15 is 0 Å². The van der Waals surface area contributed by atoms with Gasteiger partial charge in [-0.05, 0) is 38.0 Å². The van der Waals surface area contributed by atoms with Crippen LogP contribution >= 0.6 is 11.3 Å². The molecule has 174 valence electrons. The van der Waals surface area contributed by atoms with Crippen LogP contribution in [0.4, 0.5) is 10.8 Å². The summed E-state index contributed by atoms with van der Waals surface area (Å²) < 4.78 is 32.6. The highest BCUT2D eigenvalue weighted by Crippen LogP contribution is 2.31. The number of thiazole rings is 1. The quantitative estimate of drug-likeness (QED) is 0.510. The van der Waals surface area contributed by atoms with Crippen LogP contribution in [0.1, 0.15) is 39.3 Å². The van der Waals surface area contributed by atoms with Crippen molar-refractivity contribution in [2.45, 2.75) is 44.9 Å². The molecule has 9 nitrogen and oxygen atoms in total. The summed E-state index contributed by atoms with van der Waals surface area (Å²) in [6.07, 6.45) is 1.78. The number of rotatable bonds is 11. The van der Waals surface area contributed by atoms with E-state index in [1.807, 2.05) is 0 Å². The van der Waals surface area contributed by atoms with E-state index in [4.69, 9.17) is 4.74 Å². The van der Waals surface area contributed by atoms with Crippen molar-refractivity contribution in [3.05, 3.63) is 29.3 Å². The molecule has 2 N–H and O–H groups in total. The van der Waals surface area contributed by atoms with Gasteiger partial charge in [0.25, 0.3) is 0 Å². The van der Waals surface area contributed by atoms with Crippen molar-refractivity contribution in [3.63, 3.8) is 0 Å². The minimum absolute atomic E-state index is 0.0195. The Bertz CT molecular complexity index is 1080. The molecule has 1 aliphatic rings. The van der Waals surface area contributed by atoms with Crippen molar-refractivity contribution < 1.29 is 22.7 Å². The van der Waals surface area contributed by atoms with Gasteiger partial charge in [0.1, 0.15) is 5.75 Å². The standard InChI is InChI=1S/C21H28N4O5S2/c1-4-25(5-2)32(28,29)16-9-10-18(30-6-3)17(12-16)23-19(26)11-15-13-31-21(22-15)24-20(27)14-7-8-14/h9-10,12-14H,4-8,11H2,1-3H3,(H,23,26)(H,22,24,27). The van der Waals surface area contributed by atoms with Gasteiger partial charge in [0.05, 0.1) is 29.3 Å². The van der Waals surface area contributed by atoms with Crippen LogP contribution in [0.15, 0.2) is 28.5 Å². The van der Waals surface area contributed by atoms with Crippen LogP contribution in [0.3, 0.4) is 0 Å². The third-order valence-corrected chi connectivity index (χ3v) is 7.79. The van der Waals surface area contributed by atoms with Gasteiger partial charge in [0, 0.05) is 24.4 Å². The van der Waals surface area contributed by atoms with Crippen LogP contribution in [-0.4, -0.2) is 49.2 Å². The van der Waals surface area contributed by atoms with E-state index in [9.17, 15) is 18.0 Å². The number of carbonyl (C=O) groups is 2. The summed E-state index contributed by atoms with van der Waals surface area (Å²) in [6, 6.07) is 4.44. The minimum atomic E-state index is -3.68. The molecular formula is C21H28N4O5S2. The zero-order valence-corrected chi connectivity index (χ0v) is 20.0. The van der Waals surface area contributed by atoms with E-state index in [0.717, 1.165) is 12.8 Å². The summed E-state index contributed by atoms with van der Waals surface area (Å²) in [6.45, 7) is 6.40. The molecule has 0 radical (unpaired) electrons. The highest BCUT2D eigenvalue weighted by atomic mass is 32.2. The molecule has 0 atom stereocenters. The molecule has 1 fully saturated rings. The van der Waals surface area contributed by atoms with E-state index in [2.05, 4.69) is 15.6 Å². The van der Waals surface area contributed by atoms with Crippen LogP contribution < -0.4 is 15.4 Å². The van der Waals surface area contributed by atoms with Crippen molar-refractivity contribution >= 4 is 44.0 Å². The molecule has 11 heteroatoms. The molecule has 32 heavy (non-hydrogen) atoms. The Morgan fingerprint density at radius 2 is 1.91 bits per heavy atom. The molecular weight excluding hydrogens is 452 g/mol. The number of nitrogens with one attached hydrogen (secondary N) is 2. The number of sulfonamides is 1. The van der Waals surface area contributed by atoms with Gasteiger partial charge < -0.3 is 15.4 Å². The number of nitrogens with zero attached hydrogens (tertiary/aromatic N) is 2. The second kappa shape index (κ2) is 10.4. The first kappa shape index (κ1) is 24.1. The number of aromatic nitrogens is 1. The van der Waals surface area contributed by atoms with Gasteiger partial charge in [-0.15, -0.1) is 11.3 Å². The number of benzene rings is 1. The first-order valence-electron chi connectivity index (χ1n) is 10.6. The average molecular weight is 481 g/mol. The van der Waals surface area contributed by atoms with Gasteiger partial charge in [0.15, 0.2) is 5.13 Å². The molecule has 0 spiro atoms. The number of hydrogen-bond acceptors (Lipinski definition) is 7. The second-order valence-electron chi connectivity index (χ2n) is 7.31. The predicted molar refractivity (Wildman–Crippen MR) is 124 cm³/mol. The molecule has 2 amide bonds. The van der Waals surface area contributed by atoms with Crippen molar-refractivity contribution in [1.29, 1.82) is 0 Å². The van der Waals surface area contributed by atoms with Gasteiger partial charge in [-0.1, -0.05) is 13.8 Å². The van der Waals surface area contributed by atoms with Crippen LogP contribution in [0.5, 0.6) is 5.75 Å². The normalized spacial score (nSPS) is 13.8. The van der Waals surface area contributed by atoms with Crippen molar-refractivity contribution in [3.8, 4) is 5.75 Å². The topological polar surface area (TPSA) is 118 Å². The zero-order valence-electron chi connectivity index (χ0n) is 18.4. The summed E-state index contributed by atoms with van der Waals surface area (Å²) >= 11 is 1.26. The molecule has 2 aromatic rings. The Morgan fingerprint density at radius 3 is 2.53 bits per heavy atom.